The van der Waals surface area contributed by atoms with Crippen molar-refractivity contribution in [3.05, 3.63) is 23.3 Å². The molecule has 0 fully saturated rings. The highest BCUT2D eigenvalue weighted by Crippen LogP contribution is 2.32. The zero-order chi connectivity index (χ0) is 13.1. The van der Waals surface area contributed by atoms with Gasteiger partial charge in [0.1, 0.15) is 0 Å². The third kappa shape index (κ3) is 2.25. The van der Waals surface area contributed by atoms with Crippen molar-refractivity contribution in [1.29, 1.82) is 0 Å². The lowest BCUT2D eigenvalue weighted by Crippen LogP contribution is -2.49. The summed E-state index contributed by atoms with van der Waals surface area (Å²) in [5.74, 6) is 6.29. The number of carbonyl (C=O) groups is 1. The number of benzene rings is 1. The third-order valence-electron chi connectivity index (χ3n) is 3.13. The number of hydrazine groups is 1. The van der Waals surface area contributed by atoms with Crippen LogP contribution in [0.25, 0.3) is 0 Å². The molecule has 0 aromatic heterocycles. The maximum Gasteiger partial charge on any atom is 0.251 e. The van der Waals surface area contributed by atoms with Gasteiger partial charge in [0.2, 0.25) is 0 Å². The van der Waals surface area contributed by atoms with E-state index >= 15 is 0 Å². The molecule has 1 aromatic rings. The molecule has 18 heavy (non-hydrogen) atoms. The van der Waals surface area contributed by atoms with E-state index in [0.29, 0.717) is 24.5 Å². The summed E-state index contributed by atoms with van der Waals surface area (Å²) in [5.41, 5.74) is 4.33. The van der Waals surface area contributed by atoms with Gasteiger partial charge in [0, 0.05) is 6.54 Å². The first kappa shape index (κ1) is 12.7. The average molecular weight is 251 g/mol. The van der Waals surface area contributed by atoms with E-state index in [9.17, 15) is 4.79 Å². The Morgan fingerprint density at radius 2 is 1.94 bits per heavy atom. The second-order valence-corrected chi connectivity index (χ2v) is 4.12. The molecule has 1 heterocycles. The lowest BCUT2D eigenvalue weighted by Gasteiger charge is -2.25. The standard InChI is InChI=1S/C12H17N3O3/c1-17-10-4-7-3-9(12(16)15-13)14-6-8(7)5-11(10)18-2/h4-5,9,14H,3,6,13H2,1-2H3,(H,15,16)/t9-/m0/s1. The molecule has 6 nitrogen and oxygen atoms in total. The number of carbonyl (C=O) groups excluding carboxylic acids is 1. The van der Waals surface area contributed by atoms with Crippen LogP contribution in [0.4, 0.5) is 0 Å². The van der Waals surface area contributed by atoms with Gasteiger partial charge in [-0.3, -0.25) is 10.2 Å². The second kappa shape index (κ2) is 5.24. The summed E-state index contributed by atoms with van der Waals surface area (Å²) in [6.45, 7) is 0.605. The second-order valence-electron chi connectivity index (χ2n) is 4.12. The fourth-order valence-electron chi connectivity index (χ4n) is 2.13. The lowest BCUT2D eigenvalue weighted by atomic mass is 9.95. The Labute approximate surface area is 105 Å². The maximum absolute atomic E-state index is 11.5. The summed E-state index contributed by atoms with van der Waals surface area (Å²) >= 11 is 0. The highest BCUT2D eigenvalue weighted by molar-refractivity contribution is 5.81. The van der Waals surface area contributed by atoms with Gasteiger partial charge in [0.25, 0.3) is 5.91 Å². The van der Waals surface area contributed by atoms with Crippen molar-refractivity contribution in [1.82, 2.24) is 10.7 Å². The van der Waals surface area contributed by atoms with Crippen LogP contribution < -0.4 is 26.1 Å². The summed E-state index contributed by atoms with van der Waals surface area (Å²) in [5, 5.41) is 3.13. The van der Waals surface area contributed by atoms with Crippen molar-refractivity contribution in [3.8, 4) is 11.5 Å². The predicted molar refractivity (Wildman–Crippen MR) is 66.2 cm³/mol. The van der Waals surface area contributed by atoms with Gasteiger partial charge in [0.05, 0.1) is 20.3 Å². The van der Waals surface area contributed by atoms with Crippen LogP contribution in [0.5, 0.6) is 11.5 Å². The van der Waals surface area contributed by atoms with Gasteiger partial charge in [-0.1, -0.05) is 0 Å². The molecule has 1 aromatic carbocycles. The van der Waals surface area contributed by atoms with E-state index < -0.39 is 0 Å². The highest BCUT2D eigenvalue weighted by atomic mass is 16.5. The Morgan fingerprint density at radius 1 is 1.33 bits per heavy atom. The van der Waals surface area contributed by atoms with Crippen molar-refractivity contribution >= 4 is 5.91 Å². The van der Waals surface area contributed by atoms with Gasteiger partial charge in [0.15, 0.2) is 11.5 Å². The zero-order valence-corrected chi connectivity index (χ0v) is 10.4. The number of nitrogens with one attached hydrogen (secondary N) is 2. The van der Waals surface area contributed by atoms with E-state index in [2.05, 4.69) is 10.7 Å². The number of methoxy groups -OCH3 is 2. The largest absolute Gasteiger partial charge is 0.493 e. The summed E-state index contributed by atoms with van der Waals surface area (Å²) in [4.78, 5) is 11.5. The lowest BCUT2D eigenvalue weighted by molar-refractivity contribution is -0.123. The Hall–Kier alpha value is -1.79. The van der Waals surface area contributed by atoms with Crippen LogP contribution in [-0.4, -0.2) is 26.2 Å². The van der Waals surface area contributed by atoms with Crippen LogP contribution in [0.15, 0.2) is 12.1 Å². The predicted octanol–water partition coefficient (Wildman–Crippen LogP) is -0.292. The van der Waals surface area contributed by atoms with Crippen LogP contribution >= 0.6 is 0 Å². The molecule has 4 N–H and O–H groups in total. The van der Waals surface area contributed by atoms with Crippen LogP contribution in [-0.2, 0) is 17.8 Å². The van der Waals surface area contributed by atoms with E-state index in [1.54, 1.807) is 14.2 Å². The third-order valence-corrected chi connectivity index (χ3v) is 3.13. The highest BCUT2D eigenvalue weighted by Gasteiger charge is 2.25. The first-order valence-corrected chi connectivity index (χ1v) is 5.67. The van der Waals surface area contributed by atoms with Crippen molar-refractivity contribution < 1.29 is 14.3 Å². The van der Waals surface area contributed by atoms with E-state index in [0.717, 1.165) is 11.1 Å². The Bertz CT molecular complexity index is 462. The van der Waals surface area contributed by atoms with Crippen molar-refractivity contribution in [2.24, 2.45) is 5.84 Å². The number of hydrogen-bond donors (Lipinski definition) is 3. The van der Waals surface area contributed by atoms with Crippen molar-refractivity contribution in [2.45, 2.75) is 19.0 Å². The fourth-order valence-corrected chi connectivity index (χ4v) is 2.13. The van der Waals surface area contributed by atoms with Crippen LogP contribution in [0.3, 0.4) is 0 Å². The monoisotopic (exact) mass is 251 g/mol. The summed E-state index contributed by atoms with van der Waals surface area (Å²) in [6, 6.07) is 3.53. The van der Waals surface area contributed by atoms with Crippen molar-refractivity contribution in [3.63, 3.8) is 0 Å². The molecule has 0 aliphatic carbocycles. The maximum atomic E-state index is 11.5. The van der Waals surface area contributed by atoms with Crippen LogP contribution in [0, 0.1) is 0 Å². The first-order valence-electron chi connectivity index (χ1n) is 5.67. The van der Waals surface area contributed by atoms with Gasteiger partial charge in [-0.05, 0) is 29.7 Å². The molecule has 0 bridgehead atoms. The van der Waals surface area contributed by atoms with E-state index in [4.69, 9.17) is 15.3 Å². The number of ether oxygens (including phenoxy) is 2. The molecule has 0 radical (unpaired) electrons. The molecule has 6 heteroatoms. The van der Waals surface area contributed by atoms with E-state index in [-0.39, 0.29) is 11.9 Å². The van der Waals surface area contributed by atoms with Gasteiger partial charge in [-0.25, -0.2) is 5.84 Å². The normalized spacial score (nSPS) is 17.8. The smallest absolute Gasteiger partial charge is 0.251 e. The molecule has 1 aliphatic heterocycles. The van der Waals surface area contributed by atoms with Gasteiger partial charge >= 0.3 is 0 Å². The molecule has 0 saturated carbocycles. The molecule has 2 rings (SSSR count). The molecule has 98 valence electrons. The van der Waals surface area contributed by atoms with Gasteiger partial charge in [-0.15, -0.1) is 0 Å². The van der Waals surface area contributed by atoms with E-state index in [1.165, 1.54) is 0 Å². The van der Waals surface area contributed by atoms with Crippen LogP contribution in [0.1, 0.15) is 11.1 Å². The van der Waals surface area contributed by atoms with E-state index in [1.807, 2.05) is 12.1 Å². The fraction of sp³-hybridized carbons (Fsp3) is 0.417. The SMILES string of the molecule is COc1cc2c(cc1OC)C[C@@H](C(=O)NN)NC2. The van der Waals surface area contributed by atoms with Gasteiger partial charge < -0.3 is 14.8 Å². The minimum Gasteiger partial charge on any atom is -0.493 e. The van der Waals surface area contributed by atoms with Crippen molar-refractivity contribution in [2.75, 3.05) is 14.2 Å². The molecule has 0 spiro atoms. The molecular weight excluding hydrogens is 234 g/mol. The Kier molecular flexibility index (Phi) is 3.69. The number of rotatable bonds is 3. The molecule has 0 unspecified atom stereocenters. The topological polar surface area (TPSA) is 85.6 Å². The number of amides is 1. The average Bonchev–Trinajstić information content (AvgIpc) is 2.44. The van der Waals surface area contributed by atoms with Gasteiger partial charge in [-0.2, -0.15) is 0 Å². The molecular formula is C12H17N3O3. The Morgan fingerprint density at radius 3 is 2.50 bits per heavy atom. The summed E-state index contributed by atoms with van der Waals surface area (Å²) in [6.07, 6.45) is 0.582. The molecule has 1 aliphatic rings. The molecule has 0 saturated heterocycles. The zero-order valence-electron chi connectivity index (χ0n) is 10.4. The first-order chi connectivity index (χ1) is 8.69. The summed E-state index contributed by atoms with van der Waals surface area (Å²) < 4.78 is 10.5. The number of hydrogen-bond acceptors (Lipinski definition) is 5. The number of fused-ring (bicyclic) bond motifs is 1. The molecule has 1 atom stereocenters. The minimum absolute atomic E-state index is 0.213. The van der Waals surface area contributed by atoms with Crippen LogP contribution in [0.2, 0.25) is 0 Å². The number of nitrogens with two attached hydrogens (primary N) is 1. The quantitative estimate of drug-likeness (QED) is 0.390. The summed E-state index contributed by atoms with van der Waals surface area (Å²) in [7, 11) is 3.20. The minimum atomic E-state index is -0.305. The Balaban J connectivity index is 2.29. The molecule has 1 amide bonds.